The Morgan fingerprint density at radius 1 is 1.18 bits per heavy atom. The van der Waals surface area contributed by atoms with Gasteiger partial charge in [-0.2, -0.15) is 0 Å². The third kappa shape index (κ3) is 4.58. The Morgan fingerprint density at radius 3 is 2.61 bits per heavy atom. The van der Waals surface area contributed by atoms with Gasteiger partial charge in [0.25, 0.3) is 5.91 Å². The molecule has 2 N–H and O–H groups in total. The maximum absolute atomic E-state index is 13.1. The van der Waals surface area contributed by atoms with E-state index < -0.39 is 0 Å². The van der Waals surface area contributed by atoms with Gasteiger partial charge in [0.2, 0.25) is 5.91 Å². The molecule has 0 aliphatic carbocycles. The van der Waals surface area contributed by atoms with E-state index in [2.05, 4.69) is 10.6 Å². The SMILES string of the molecule is COc1cc(C)c(C(=O)N2CCCC(CNC(=O)C3CCCN3)C2)cc1OC. The zero-order chi connectivity index (χ0) is 20.1. The quantitative estimate of drug-likeness (QED) is 0.775. The van der Waals surface area contributed by atoms with E-state index in [9.17, 15) is 9.59 Å². The van der Waals surface area contributed by atoms with Gasteiger partial charge < -0.3 is 25.0 Å². The lowest BCUT2D eigenvalue weighted by Gasteiger charge is -2.33. The summed E-state index contributed by atoms with van der Waals surface area (Å²) in [6.07, 6.45) is 3.92. The number of nitrogens with one attached hydrogen (secondary N) is 2. The highest BCUT2D eigenvalue weighted by Gasteiger charge is 2.28. The lowest BCUT2D eigenvalue weighted by Crippen LogP contribution is -2.46. The summed E-state index contributed by atoms with van der Waals surface area (Å²) in [7, 11) is 3.16. The summed E-state index contributed by atoms with van der Waals surface area (Å²) in [5, 5.41) is 6.28. The van der Waals surface area contributed by atoms with Crippen LogP contribution in [0.1, 0.15) is 41.6 Å². The third-order valence-corrected chi connectivity index (χ3v) is 5.71. The minimum absolute atomic E-state index is 0.00643. The van der Waals surface area contributed by atoms with Crippen molar-refractivity contribution in [1.82, 2.24) is 15.5 Å². The van der Waals surface area contributed by atoms with Gasteiger partial charge in [-0.3, -0.25) is 9.59 Å². The number of methoxy groups -OCH3 is 2. The molecule has 1 aromatic rings. The van der Waals surface area contributed by atoms with Gasteiger partial charge in [0.05, 0.1) is 20.3 Å². The molecule has 0 spiro atoms. The van der Waals surface area contributed by atoms with Crippen LogP contribution in [0.15, 0.2) is 12.1 Å². The van der Waals surface area contributed by atoms with Crippen LogP contribution in [0.2, 0.25) is 0 Å². The van der Waals surface area contributed by atoms with E-state index in [1.165, 1.54) is 0 Å². The van der Waals surface area contributed by atoms with E-state index in [0.29, 0.717) is 30.2 Å². The first-order valence-corrected chi connectivity index (χ1v) is 10.1. The third-order valence-electron chi connectivity index (χ3n) is 5.71. The number of hydrogen-bond donors (Lipinski definition) is 2. The van der Waals surface area contributed by atoms with Gasteiger partial charge in [0.15, 0.2) is 11.5 Å². The van der Waals surface area contributed by atoms with E-state index in [1.54, 1.807) is 20.3 Å². The summed E-state index contributed by atoms with van der Waals surface area (Å²) in [6, 6.07) is 3.53. The molecule has 28 heavy (non-hydrogen) atoms. The Labute approximate surface area is 166 Å². The summed E-state index contributed by atoms with van der Waals surface area (Å²) in [5.74, 6) is 1.55. The second-order valence-corrected chi connectivity index (χ2v) is 7.68. The second-order valence-electron chi connectivity index (χ2n) is 7.68. The average molecular weight is 389 g/mol. The molecule has 3 rings (SSSR count). The van der Waals surface area contributed by atoms with Crippen LogP contribution in [-0.4, -0.2) is 63.2 Å². The fourth-order valence-electron chi connectivity index (χ4n) is 4.07. The first-order chi connectivity index (χ1) is 13.5. The van der Waals surface area contributed by atoms with E-state index in [0.717, 1.165) is 44.3 Å². The van der Waals surface area contributed by atoms with Crippen LogP contribution in [0.25, 0.3) is 0 Å². The summed E-state index contributed by atoms with van der Waals surface area (Å²) in [4.78, 5) is 27.2. The van der Waals surface area contributed by atoms with Crippen LogP contribution in [0.3, 0.4) is 0 Å². The van der Waals surface area contributed by atoms with Crippen LogP contribution in [0, 0.1) is 12.8 Å². The Hall–Kier alpha value is -2.28. The molecule has 2 unspecified atom stereocenters. The second kappa shape index (κ2) is 9.28. The molecule has 2 saturated heterocycles. The molecule has 2 amide bonds. The predicted octanol–water partition coefficient (Wildman–Crippen LogP) is 1.73. The maximum Gasteiger partial charge on any atom is 0.254 e. The van der Waals surface area contributed by atoms with E-state index in [1.807, 2.05) is 17.9 Å². The fraction of sp³-hybridized carbons (Fsp3) is 0.619. The van der Waals surface area contributed by atoms with Crippen molar-refractivity contribution < 1.29 is 19.1 Å². The number of benzene rings is 1. The molecule has 2 atom stereocenters. The number of amides is 2. The highest BCUT2D eigenvalue weighted by molar-refractivity contribution is 5.96. The van der Waals surface area contributed by atoms with Crippen LogP contribution in [0.5, 0.6) is 11.5 Å². The maximum atomic E-state index is 13.1. The number of piperidine rings is 1. The molecule has 0 saturated carbocycles. The lowest BCUT2D eigenvalue weighted by molar-refractivity contribution is -0.123. The van der Waals surface area contributed by atoms with E-state index in [4.69, 9.17) is 9.47 Å². The van der Waals surface area contributed by atoms with Gasteiger partial charge in [-0.15, -0.1) is 0 Å². The number of hydrogen-bond acceptors (Lipinski definition) is 5. The van der Waals surface area contributed by atoms with E-state index in [-0.39, 0.29) is 23.8 Å². The van der Waals surface area contributed by atoms with Gasteiger partial charge >= 0.3 is 0 Å². The van der Waals surface area contributed by atoms with Crippen molar-refractivity contribution in [3.05, 3.63) is 23.3 Å². The molecule has 2 aliphatic rings. The number of carbonyl (C=O) groups is 2. The minimum atomic E-state index is -0.0595. The molecular formula is C21H31N3O4. The van der Waals surface area contributed by atoms with Gasteiger partial charge in [-0.25, -0.2) is 0 Å². The van der Waals surface area contributed by atoms with Crippen molar-refractivity contribution in [1.29, 1.82) is 0 Å². The average Bonchev–Trinajstić information content (AvgIpc) is 3.26. The van der Waals surface area contributed by atoms with Crippen molar-refractivity contribution in [3.63, 3.8) is 0 Å². The predicted molar refractivity (Wildman–Crippen MR) is 107 cm³/mol. The number of rotatable bonds is 6. The van der Waals surface area contributed by atoms with Crippen molar-refractivity contribution >= 4 is 11.8 Å². The number of likely N-dealkylation sites (tertiary alicyclic amines) is 1. The Morgan fingerprint density at radius 2 is 1.93 bits per heavy atom. The molecular weight excluding hydrogens is 358 g/mol. The Bertz CT molecular complexity index is 716. The molecule has 2 fully saturated rings. The molecule has 7 nitrogen and oxygen atoms in total. The molecule has 1 aromatic carbocycles. The van der Waals surface area contributed by atoms with Crippen molar-refractivity contribution in [2.24, 2.45) is 5.92 Å². The molecule has 7 heteroatoms. The smallest absolute Gasteiger partial charge is 0.254 e. The normalized spacial score (nSPS) is 22.0. The highest BCUT2D eigenvalue weighted by Crippen LogP contribution is 2.31. The van der Waals surface area contributed by atoms with Crippen LogP contribution < -0.4 is 20.1 Å². The van der Waals surface area contributed by atoms with Crippen LogP contribution in [0.4, 0.5) is 0 Å². The number of carbonyl (C=O) groups excluding carboxylic acids is 2. The fourth-order valence-corrected chi connectivity index (χ4v) is 4.07. The van der Waals surface area contributed by atoms with E-state index >= 15 is 0 Å². The van der Waals surface area contributed by atoms with Crippen molar-refractivity contribution in [2.75, 3.05) is 40.4 Å². The number of aryl methyl sites for hydroxylation is 1. The molecule has 154 valence electrons. The molecule has 2 heterocycles. The molecule has 0 aromatic heterocycles. The largest absolute Gasteiger partial charge is 0.493 e. The van der Waals surface area contributed by atoms with Gasteiger partial charge in [-0.1, -0.05) is 0 Å². The highest BCUT2D eigenvalue weighted by atomic mass is 16.5. The summed E-state index contributed by atoms with van der Waals surface area (Å²) >= 11 is 0. The minimum Gasteiger partial charge on any atom is -0.493 e. The molecule has 0 radical (unpaired) electrons. The lowest BCUT2D eigenvalue weighted by atomic mass is 9.96. The van der Waals surface area contributed by atoms with Gasteiger partial charge in [0.1, 0.15) is 0 Å². The number of nitrogens with zero attached hydrogens (tertiary/aromatic N) is 1. The monoisotopic (exact) mass is 389 g/mol. The van der Waals surface area contributed by atoms with Crippen LogP contribution in [-0.2, 0) is 4.79 Å². The summed E-state index contributed by atoms with van der Waals surface area (Å²) < 4.78 is 10.7. The zero-order valence-corrected chi connectivity index (χ0v) is 17.0. The van der Waals surface area contributed by atoms with Crippen molar-refractivity contribution in [3.8, 4) is 11.5 Å². The molecule has 2 aliphatic heterocycles. The number of ether oxygens (including phenoxy) is 2. The molecule has 0 bridgehead atoms. The van der Waals surface area contributed by atoms with Gasteiger partial charge in [0, 0.05) is 25.2 Å². The standard InChI is InChI=1S/C21H31N3O4/c1-14-10-18(27-2)19(28-3)11-16(14)21(26)24-9-5-6-15(13-24)12-23-20(25)17-7-4-8-22-17/h10-11,15,17,22H,4-9,12-13H2,1-3H3,(H,23,25). The summed E-state index contributed by atoms with van der Waals surface area (Å²) in [6.45, 7) is 4.83. The van der Waals surface area contributed by atoms with Crippen molar-refractivity contribution in [2.45, 2.75) is 38.6 Å². The van der Waals surface area contributed by atoms with Gasteiger partial charge in [-0.05, 0) is 62.8 Å². The first kappa shape index (κ1) is 20.5. The first-order valence-electron chi connectivity index (χ1n) is 10.1. The zero-order valence-electron chi connectivity index (χ0n) is 17.0. The topological polar surface area (TPSA) is 79.9 Å². The summed E-state index contributed by atoms with van der Waals surface area (Å²) in [5.41, 5.74) is 1.50. The Balaban J connectivity index is 1.62. The van der Waals surface area contributed by atoms with Crippen LogP contribution >= 0.6 is 0 Å². The Kier molecular flexibility index (Phi) is 6.78.